The van der Waals surface area contributed by atoms with Crippen LogP contribution < -0.4 is 26.6 Å². The summed E-state index contributed by atoms with van der Waals surface area (Å²) in [7, 11) is 1.67. The van der Waals surface area contributed by atoms with E-state index in [-0.39, 0.29) is 55.3 Å². The molecule has 0 fully saturated rings. The van der Waals surface area contributed by atoms with Gasteiger partial charge in [0.1, 0.15) is 11.6 Å². The number of nitrogens with one attached hydrogen (secondary N) is 1. The molecule has 9 nitrogen and oxygen atoms in total. The third-order valence-corrected chi connectivity index (χ3v) is 4.90. The van der Waals surface area contributed by atoms with E-state index in [0.717, 1.165) is 0 Å². The van der Waals surface area contributed by atoms with Crippen LogP contribution in [0.2, 0.25) is 0 Å². The SMILES string of the molecule is CC(C)CN(C(=O)CN(C)Cc1ccc(OC(F)(F)F)cc1)c1c(N)n(CC(C)C)c(=O)[nH]c1=O. The van der Waals surface area contributed by atoms with E-state index in [0.29, 0.717) is 5.56 Å². The van der Waals surface area contributed by atoms with E-state index in [2.05, 4.69) is 9.72 Å². The number of aromatic nitrogens is 2. The van der Waals surface area contributed by atoms with Crippen molar-refractivity contribution < 1.29 is 22.7 Å². The number of nitrogen functional groups attached to an aromatic ring is 1. The van der Waals surface area contributed by atoms with Crippen molar-refractivity contribution in [3.63, 3.8) is 0 Å². The smallest absolute Gasteiger partial charge is 0.406 e. The van der Waals surface area contributed by atoms with Crippen LogP contribution in [0, 0.1) is 11.8 Å². The van der Waals surface area contributed by atoms with Crippen LogP contribution in [0.15, 0.2) is 33.9 Å². The first kappa shape index (κ1) is 28.0. The van der Waals surface area contributed by atoms with Crippen LogP contribution in [0.4, 0.5) is 24.7 Å². The molecule has 3 N–H and O–H groups in total. The molecule has 1 aromatic heterocycles. The number of carbonyl (C=O) groups excluding carboxylic acids is 1. The molecule has 1 amide bonds. The first-order valence-corrected chi connectivity index (χ1v) is 11.1. The Labute approximate surface area is 201 Å². The molecule has 0 atom stereocenters. The third kappa shape index (κ3) is 8.16. The fourth-order valence-electron chi connectivity index (χ4n) is 3.55. The molecule has 35 heavy (non-hydrogen) atoms. The standard InChI is InChI=1S/C23H32F3N5O4/c1-14(2)10-30(19-20(27)31(11-15(3)4)22(34)28-21(19)33)18(32)13-29(5)12-16-6-8-17(9-7-16)35-23(24,25)26/h6-9,14-15H,10-13,27H2,1-5H3,(H,28,33,34). The minimum absolute atomic E-state index is 0.00490. The predicted molar refractivity (Wildman–Crippen MR) is 127 cm³/mol. The molecule has 0 unspecified atom stereocenters. The highest BCUT2D eigenvalue weighted by atomic mass is 19.4. The van der Waals surface area contributed by atoms with Crippen molar-refractivity contribution in [2.75, 3.05) is 30.8 Å². The van der Waals surface area contributed by atoms with E-state index in [9.17, 15) is 27.6 Å². The number of carbonyl (C=O) groups is 1. The number of nitrogens with zero attached hydrogens (tertiary/aromatic N) is 3. The summed E-state index contributed by atoms with van der Waals surface area (Å²) >= 11 is 0. The topological polar surface area (TPSA) is 114 Å². The summed E-state index contributed by atoms with van der Waals surface area (Å²) in [6, 6.07) is 5.33. The zero-order valence-electron chi connectivity index (χ0n) is 20.5. The van der Waals surface area contributed by atoms with Gasteiger partial charge in [-0.3, -0.25) is 24.0 Å². The first-order valence-electron chi connectivity index (χ1n) is 11.1. The second-order valence-electron chi connectivity index (χ2n) is 9.26. The lowest BCUT2D eigenvalue weighted by atomic mass is 10.1. The van der Waals surface area contributed by atoms with Crippen LogP contribution in [-0.2, 0) is 17.9 Å². The molecule has 1 aromatic carbocycles. The van der Waals surface area contributed by atoms with Crippen LogP contribution in [0.3, 0.4) is 0 Å². The summed E-state index contributed by atoms with van der Waals surface area (Å²) < 4.78 is 42.1. The number of amides is 1. The van der Waals surface area contributed by atoms with Crippen molar-refractivity contribution in [1.29, 1.82) is 0 Å². The van der Waals surface area contributed by atoms with Crippen molar-refractivity contribution in [3.8, 4) is 5.75 Å². The first-order chi connectivity index (χ1) is 16.2. The minimum atomic E-state index is -4.78. The molecule has 0 aliphatic rings. The van der Waals surface area contributed by atoms with Gasteiger partial charge >= 0.3 is 12.1 Å². The Hall–Kier alpha value is -3.28. The Bertz CT molecular complexity index is 1120. The van der Waals surface area contributed by atoms with Gasteiger partial charge in [-0.15, -0.1) is 13.2 Å². The highest BCUT2D eigenvalue weighted by molar-refractivity contribution is 5.96. The number of rotatable bonds is 10. The number of hydrogen-bond acceptors (Lipinski definition) is 6. The van der Waals surface area contributed by atoms with Gasteiger partial charge in [0.05, 0.1) is 6.54 Å². The molecule has 0 aliphatic carbocycles. The quantitative estimate of drug-likeness (QED) is 0.520. The minimum Gasteiger partial charge on any atom is -0.406 e. The molecule has 194 valence electrons. The summed E-state index contributed by atoms with van der Waals surface area (Å²) in [5.74, 6) is -0.763. The lowest BCUT2D eigenvalue weighted by Gasteiger charge is -2.28. The highest BCUT2D eigenvalue weighted by Gasteiger charge is 2.31. The zero-order valence-corrected chi connectivity index (χ0v) is 20.5. The molecule has 2 rings (SSSR count). The van der Waals surface area contributed by atoms with E-state index in [1.807, 2.05) is 27.7 Å². The predicted octanol–water partition coefficient (Wildman–Crippen LogP) is 2.79. The van der Waals surface area contributed by atoms with Gasteiger partial charge in [0, 0.05) is 19.6 Å². The number of nitrogens with two attached hydrogens (primary N) is 1. The molecule has 12 heteroatoms. The van der Waals surface area contributed by atoms with Gasteiger partial charge < -0.3 is 15.4 Å². The number of likely N-dealkylation sites (N-methyl/N-ethyl adjacent to an activating group) is 1. The van der Waals surface area contributed by atoms with Crippen LogP contribution in [0.25, 0.3) is 0 Å². The van der Waals surface area contributed by atoms with Gasteiger partial charge in [0.15, 0.2) is 5.69 Å². The average molecular weight is 500 g/mol. The van der Waals surface area contributed by atoms with Crippen molar-refractivity contribution in [3.05, 3.63) is 50.7 Å². The molecule has 0 saturated heterocycles. The lowest BCUT2D eigenvalue weighted by Crippen LogP contribution is -2.46. The maximum atomic E-state index is 13.3. The molecule has 2 aromatic rings. The number of aromatic amines is 1. The lowest BCUT2D eigenvalue weighted by molar-refractivity contribution is -0.274. The Morgan fingerprint density at radius 2 is 1.71 bits per heavy atom. The largest absolute Gasteiger partial charge is 0.573 e. The van der Waals surface area contributed by atoms with Gasteiger partial charge in [-0.05, 0) is 36.6 Å². The number of alkyl halides is 3. The second kappa shape index (κ2) is 11.4. The Morgan fingerprint density at radius 3 is 2.23 bits per heavy atom. The van der Waals surface area contributed by atoms with E-state index in [1.165, 1.54) is 33.7 Å². The van der Waals surface area contributed by atoms with E-state index in [1.54, 1.807) is 11.9 Å². The summed E-state index contributed by atoms with van der Waals surface area (Å²) in [6.07, 6.45) is -4.78. The third-order valence-electron chi connectivity index (χ3n) is 4.90. The number of halogens is 3. The van der Waals surface area contributed by atoms with E-state index < -0.39 is 23.5 Å². The molecular weight excluding hydrogens is 467 g/mol. The van der Waals surface area contributed by atoms with Crippen LogP contribution in [0.1, 0.15) is 33.3 Å². The van der Waals surface area contributed by atoms with Crippen molar-refractivity contribution in [2.24, 2.45) is 11.8 Å². The van der Waals surface area contributed by atoms with Crippen molar-refractivity contribution in [1.82, 2.24) is 14.5 Å². The fraction of sp³-hybridized carbons (Fsp3) is 0.522. The average Bonchev–Trinajstić information content (AvgIpc) is 2.70. The Kier molecular flexibility index (Phi) is 9.13. The zero-order chi connectivity index (χ0) is 26.5. The van der Waals surface area contributed by atoms with Crippen LogP contribution >= 0.6 is 0 Å². The van der Waals surface area contributed by atoms with Crippen LogP contribution in [0.5, 0.6) is 5.75 Å². The maximum absolute atomic E-state index is 13.3. The normalized spacial score (nSPS) is 12.0. The molecule has 0 radical (unpaired) electrons. The number of hydrogen-bond donors (Lipinski definition) is 2. The number of benzene rings is 1. The highest BCUT2D eigenvalue weighted by Crippen LogP contribution is 2.23. The van der Waals surface area contributed by atoms with Gasteiger partial charge in [-0.25, -0.2) is 4.79 Å². The summed E-state index contributed by atoms with van der Waals surface area (Å²) in [5.41, 5.74) is 5.40. The van der Waals surface area contributed by atoms with Crippen LogP contribution in [-0.4, -0.2) is 46.9 Å². The van der Waals surface area contributed by atoms with Gasteiger partial charge in [0.25, 0.3) is 5.56 Å². The summed E-state index contributed by atoms with van der Waals surface area (Å²) in [4.78, 5) is 43.4. The fourth-order valence-corrected chi connectivity index (χ4v) is 3.55. The Morgan fingerprint density at radius 1 is 1.11 bits per heavy atom. The molecule has 0 spiro atoms. The van der Waals surface area contributed by atoms with Gasteiger partial charge in [0.2, 0.25) is 5.91 Å². The Balaban J connectivity index is 2.25. The van der Waals surface area contributed by atoms with Gasteiger partial charge in [-0.2, -0.15) is 0 Å². The van der Waals surface area contributed by atoms with Crippen molar-refractivity contribution in [2.45, 2.75) is 47.1 Å². The van der Waals surface area contributed by atoms with Gasteiger partial charge in [-0.1, -0.05) is 39.8 Å². The van der Waals surface area contributed by atoms with Crippen molar-refractivity contribution >= 4 is 17.4 Å². The molecule has 0 aliphatic heterocycles. The number of ether oxygens (including phenoxy) is 1. The van der Waals surface area contributed by atoms with E-state index in [4.69, 9.17) is 5.73 Å². The molecule has 1 heterocycles. The van der Waals surface area contributed by atoms with E-state index >= 15 is 0 Å². The monoisotopic (exact) mass is 499 g/mol. The molecule has 0 saturated carbocycles. The summed E-state index contributed by atoms with van der Waals surface area (Å²) in [6.45, 7) is 8.17. The number of H-pyrrole nitrogens is 1. The summed E-state index contributed by atoms with van der Waals surface area (Å²) in [5, 5.41) is 0. The second-order valence-corrected chi connectivity index (χ2v) is 9.26. The molecular formula is C23H32F3N5O4. The maximum Gasteiger partial charge on any atom is 0.573 e. The number of anilines is 2. The molecule has 0 bridgehead atoms.